The minimum Gasteiger partial charge on any atom is -0.375 e. The van der Waals surface area contributed by atoms with Gasteiger partial charge in [-0.25, -0.2) is 4.39 Å². The molecule has 1 saturated heterocycles. The van der Waals surface area contributed by atoms with Crippen molar-refractivity contribution in [3.63, 3.8) is 0 Å². The van der Waals surface area contributed by atoms with Crippen molar-refractivity contribution in [2.45, 2.75) is 18.6 Å². The number of hydrogen-bond donors (Lipinski definition) is 1. The second-order valence-electron chi connectivity index (χ2n) is 4.07. The monoisotopic (exact) mass is 275 g/mol. The molecule has 5 heteroatoms. The van der Waals surface area contributed by atoms with Crippen LogP contribution in [-0.4, -0.2) is 30.3 Å². The number of benzene rings is 1. The van der Waals surface area contributed by atoms with Crippen LogP contribution < -0.4 is 5.73 Å². The Morgan fingerprint density at radius 2 is 2.41 bits per heavy atom. The standard InChI is InChI=1S/C12H15ClFNOS/c13-9-3-1-2-8(12(9)14)6-10(15)11-7-17-5-4-16-11/h1-3,10-11H,4-7,15H2. The molecule has 2 N–H and O–H groups in total. The Morgan fingerprint density at radius 1 is 1.59 bits per heavy atom. The SMILES string of the molecule is NC(Cc1cccc(Cl)c1F)C1CSCCO1. The lowest BCUT2D eigenvalue weighted by molar-refractivity contribution is 0.0570. The third-order valence-corrected chi connectivity index (χ3v) is 4.12. The van der Waals surface area contributed by atoms with Crippen molar-refractivity contribution in [3.05, 3.63) is 34.6 Å². The third-order valence-electron chi connectivity index (χ3n) is 2.81. The quantitative estimate of drug-likeness (QED) is 0.921. The molecule has 2 rings (SSSR count). The molecule has 1 aliphatic heterocycles. The van der Waals surface area contributed by atoms with Crippen LogP contribution in [0.25, 0.3) is 0 Å². The molecule has 0 amide bonds. The van der Waals surface area contributed by atoms with Gasteiger partial charge in [0.25, 0.3) is 0 Å². The molecule has 1 fully saturated rings. The van der Waals surface area contributed by atoms with E-state index >= 15 is 0 Å². The lowest BCUT2D eigenvalue weighted by Crippen LogP contribution is -2.42. The van der Waals surface area contributed by atoms with Gasteiger partial charge in [0.1, 0.15) is 5.82 Å². The van der Waals surface area contributed by atoms with E-state index in [4.69, 9.17) is 22.1 Å². The summed E-state index contributed by atoms with van der Waals surface area (Å²) in [5, 5.41) is 0.147. The second kappa shape index (κ2) is 6.05. The third kappa shape index (κ3) is 3.35. The van der Waals surface area contributed by atoms with Gasteiger partial charge in [-0.15, -0.1) is 0 Å². The van der Waals surface area contributed by atoms with Crippen molar-refractivity contribution in [2.75, 3.05) is 18.1 Å². The van der Waals surface area contributed by atoms with E-state index in [2.05, 4.69) is 0 Å². The highest BCUT2D eigenvalue weighted by molar-refractivity contribution is 7.99. The number of thioether (sulfide) groups is 1. The van der Waals surface area contributed by atoms with Crippen molar-refractivity contribution in [1.82, 2.24) is 0 Å². The summed E-state index contributed by atoms with van der Waals surface area (Å²) in [5.41, 5.74) is 6.61. The number of ether oxygens (including phenoxy) is 1. The van der Waals surface area contributed by atoms with E-state index in [1.807, 2.05) is 11.8 Å². The zero-order valence-corrected chi connectivity index (χ0v) is 10.9. The van der Waals surface area contributed by atoms with Gasteiger partial charge in [0.2, 0.25) is 0 Å². The highest BCUT2D eigenvalue weighted by Crippen LogP contribution is 2.21. The van der Waals surface area contributed by atoms with Gasteiger partial charge < -0.3 is 10.5 Å². The first-order valence-corrected chi connectivity index (χ1v) is 7.09. The smallest absolute Gasteiger partial charge is 0.145 e. The first kappa shape index (κ1) is 13.1. The van der Waals surface area contributed by atoms with Gasteiger partial charge in [-0.1, -0.05) is 23.7 Å². The van der Waals surface area contributed by atoms with Gasteiger partial charge in [-0.05, 0) is 18.1 Å². The maximum absolute atomic E-state index is 13.7. The molecular weight excluding hydrogens is 261 g/mol. The van der Waals surface area contributed by atoms with Crippen LogP contribution in [0.3, 0.4) is 0 Å². The lowest BCUT2D eigenvalue weighted by atomic mass is 10.0. The van der Waals surface area contributed by atoms with Crippen molar-refractivity contribution in [2.24, 2.45) is 5.73 Å². The van der Waals surface area contributed by atoms with E-state index in [1.54, 1.807) is 18.2 Å². The Bertz CT molecular complexity index is 385. The van der Waals surface area contributed by atoms with Gasteiger partial charge >= 0.3 is 0 Å². The molecule has 17 heavy (non-hydrogen) atoms. The molecule has 0 aliphatic carbocycles. The maximum Gasteiger partial charge on any atom is 0.145 e. The fourth-order valence-corrected chi connectivity index (χ4v) is 3.00. The summed E-state index contributed by atoms with van der Waals surface area (Å²) in [6, 6.07) is 4.82. The summed E-state index contributed by atoms with van der Waals surface area (Å²) >= 11 is 7.56. The number of halogens is 2. The minimum absolute atomic E-state index is 0.00660. The first-order valence-electron chi connectivity index (χ1n) is 5.56. The predicted molar refractivity (Wildman–Crippen MR) is 70.2 cm³/mol. The largest absolute Gasteiger partial charge is 0.375 e. The van der Waals surface area contributed by atoms with Crippen LogP contribution >= 0.6 is 23.4 Å². The molecule has 2 nitrogen and oxygen atoms in total. The molecule has 94 valence electrons. The maximum atomic E-state index is 13.7. The van der Waals surface area contributed by atoms with E-state index in [0.29, 0.717) is 12.0 Å². The molecule has 0 radical (unpaired) electrons. The van der Waals surface area contributed by atoms with E-state index in [9.17, 15) is 4.39 Å². The average Bonchev–Trinajstić information content (AvgIpc) is 2.36. The normalized spacial score (nSPS) is 22.4. The van der Waals surface area contributed by atoms with E-state index in [0.717, 1.165) is 18.1 Å². The van der Waals surface area contributed by atoms with Gasteiger partial charge in [0.15, 0.2) is 0 Å². The van der Waals surface area contributed by atoms with Crippen molar-refractivity contribution in [3.8, 4) is 0 Å². The van der Waals surface area contributed by atoms with Crippen LogP contribution in [-0.2, 0) is 11.2 Å². The summed E-state index contributed by atoms with van der Waals surface area (Å²) < 4.78 is 19.3. The molecule has 0 saturated carbocycles. The van der Waals surface area contributed by atoms with Crippen LogP contribution in [0.1, 0.15) is 5.56 Å². The minimum atomic E-state index is -0.368. The number of nitrogens with two attached hydrogens (primary N) is 1. The first-order chi connectivity index (χ1) is 8.18. The molecule has 0 bridgehead atoms. The molecule has 1 aliphatic rings. The molecule has 2 atom stereocenters. The summed E-state index contributed by atoms with van der Waals surface area (Å²) in [4.78, 5) is 0. The highest BCUT2D eigenvalue weighted by Gasteiger charge is 2.23. The molecular formula is C12H15ClFNOS. The summed E-state index contributed by atoms with van der Waals surface area (Å²) in [6.45, 7) is 0.723. The van der Waals surface area contributed by atoms with Gasteiger partial charge in [-0.2, -0.15) is 11.8 Å². The van der Waals surface area contributed by atoms with Crippen LogP contribution in [0.2, 0.25) is 5.02 Å². The van der Waals surface area contributed by atoms with Crippen molar-refractivity contribution < 1.29 is 9.13 Å². The van der Waals surface area contributed by atoms with Gasteiger partial charge in [-0.3, -0.25) is 0 Å². The fraction of sp³-hybridized carbons (Fsp3) is 0.500. The Morgan fingerprint density at radius 3 is 3.12 bits per heavy atom. The summed E-state index contributed by atoms with van der Waals surface area (Å²) in [5.74, 6) is 1.52. The Labute approximate surface area is 110 Å². The lowest BCUT2D eigenvalue weighted by Gasteiger charge is -2.27. The van der Waals surface area contributed by atoms with Crippen LogP contribution in [0, 0.1) is 5.82 Å². The molecule has 1 aromatic rings. The number of hydrogen-bond acceptors (Lipinski definition) is 3. The van der Waals surface area contributed by atoms with Crippen LogP contribution in [0.5, 0.6) is 0 Å². The topological polar surface area (TPSA) is 35.2 Å². The predicted octanol–water partition coefficient (Wildman–Crippen LogP) is 2.48. The van der Waals surface area contributed by atoms with Gasteiger partial charge in [0, 0.05) is 17.5 Å². The van der Waals surface area contributed by atoms with E-state index in [1.165, 1.54) is 0 Å². The zero-order chi connectivity index (χ0) is 12.3. The Kier molecular flexibility index (Phi) is 4.68. The fourth-order valence-electron chi connectivity index (χ4n) is 1.84. The van der Waals surface area contributed by atoms with Crippen LogP contribution in [0.15, 0.2) is 18.2 Å². The van der Waals surface area contributed by atoms with E-state index in [-0.39, 0.29) is 23.0 Å². The van der Waals surface area contributed by atoms with Gasteiger partial charge in [0.05, 0.1) is 17.7 Å². The number of rotatable bonds is 3. The zero-order valence-electron chi connectivity index (χ0n) is 9.36. The highest BCUT2D eigenvalue weighted by atomic mass is 35.5. The van der Waals surface area contributed by atoms with E-state index < -0.39 is 0 Å². The molecule has 1 heterocycles. The van der Waals surface area contributed by atoms with Crippen molar-refractivity contribution in [1.29, 1.82) is 0 Å². The Hall–Kier alpha value is -0.290. The second-order valence-corrected chi connectivity index (χ2v) is 5.62. The van der Waals surface area contributed by atoms with Crippen molar-refractivity contribution >= 4 is 23.4 Å². The Balaban J connectivity index is 2.01. The average molecular weight is 276 g/mol. The molecule has 0 aromatic heterocycles. The summed E-state index contributed by atoms with van der Waals surface area (Å²) in [7, 11) is 0. The summed E-state index contributed by atoms with van der Waals surface area (Å²) in [6.07, 6.45) is 0.463. The molecule has 0 spiro atoms. The molecule has 2 unspecified atom stereocenters. The molecule has 1 aromatic carbocycles. The van der Waals surface area contributed by atoms with Crippen LogP contribution in [0.4, 0.5) is 4.39 Å².